The maximum atomic E-state index is 5.27. The number of likely N-dealkylation sites (N-methyl/N-ethyl adjacent to an activating group) is 1. The van der Waals surface area contributed by atoms with E-state index in [1.165, 1.54) is 25.7 Å². The molecule has 0 saturated heterocycles. The van der Waals surface area contributed by atoms with E-state index in [0.717, 1.165) is 32.1 Å². The van der Waals surface area contributed by atoms with Crippen LogP contribution in [0.3, 0.4) is 0 Å². The SMILES string of the molecule is CN=C(NCC(CC(C)C)N(C)C)NCC1(CCOC)CCC1.I. The van der Waals surface area contributed by atoms with Gasteiger partial charge >= 0.3 is 0 Å². The Morgan fingerprint density at radius 3 is 2.33 bits per heavy atom. The van der Waals surface area contributed by atoms with Gasteiger partial charge in [-0.05, 0) is 51.1 Å². The van der Waals surface area contributed by atoms with Gasteiger partial charge in [0.1, 0.15) is 0 Å². The number of hydrogen-bond acceptors (Lipinski definition) is 3. The molecule has 0 radical (unpaired) electrons. The minimum absolute atomic E-state index is 0. The topological polar surface area (TPSA) is 48.9 Å². The fourth-order valence-electron chi connectivity index (χ4n) is 3.24. The lowest BCUT2D eigenvalue weighted by Gasteiger charge is -2.42. The summed E-state index contributed by atoms with van der Waals surface area (Å²) in [4.78, 5) is 6.68. The molecular weight excluding hydrogens is 415 g/mol. The Kier molecular flexibility index (Phi) is 12.3. The highest BCUT2D eigenvalue weighted by molar-refractivity contribution is 14.0. The van der Waals surface area contributed by atoms with Crippen molar-refractivity contribution in [2.24, 2.45) is 16.3 Å². The first-order chi connectivity index (χ1) is 10.9. The highest BCUT2D eigenvalue weighted by Gasteiger charge is 2.36. The zero-order chi connectivity index (χ0) is 17.3. The summed E-state index contributed by atoms with van der Waals surface area (Å²) in [6.07, 6.45) is 6.27. The average Bonchev–Trinajstić information content (AvgIpc) is 2.46. The number of methoxy groups -OCH3 is 1. The number of nitrogens with one attached hydrogen (secondary N) is 2. The van der Waals surface area contributed by atoms with Gasteiger partial charge in [0.05, 0.1) is 0 Å². The molecule has 1 atom stereocenters. The number of guanidine groups is 1. The lowest BCUT2D eigenvalue weighted by Crippen LogP contribution is -2.49. The van der Waals surface area contributed by atoms with Crippen LogP contribution in [0.4, 0.5) is 0 Å². The first-order valence-corrected chi connectivity index (χ1v) is 9.02. The molecule has 0 aromatic heterocycles. The summed E-state index contributed by atoms with van der Waals surface area (Å²) in [6.45, 7) is 7.33. The summed E-state index contributed by atoms with van der Waals surface area (Å²) < 4.78 is 5.27. The fourth-order valence-corrected chi connectivity index (χ4v) is 3.24. The molecule has 1 aliphatic carbocycles. The van der Waals surface area contributed by atoms with Crippen LogP contribution in [0.1, 0.15) is 46.0 Å². The van der Waals surface area contributed by atoms with Crippen LogP contribution in [-0.2, 0) is 4.74 Å². The van der Waals surface area contributed by atoms with Gasteiger partial charge in [-0.25, -0.2) is 0 Å². The van der Waals surface area contributed by atoms with Gasteiger partial charge in [-0.3, -0.25) is 4.99 Å². The monoisotopic (exact) mass is 454 g/mol. The van der Waals surface area contributed by atoms with Crippen LogP contribution in [-0.4, -0.2) is 64.9 Å². The molecule has 0 amide bonds. The number of hydrogen-bond donors (Lipinski definition) is 2. The number of aliphatic imine (C=N–C) groups is 1. The Bertz CT molecular complexity index is 357. The highest BCUT2D eigenvalue weighted by Crippen LogP contribution is 2.43. The number of rotatable bonds is 10. The van der Waals surface area contributed by atoms with Crippen molar-refractivity contribution in [1.82, 2.24) is 15.5 Å². The number of nitrogens with zero attached hydrogens (tertiary/aromatic N) is 2. The van der Waals surface area contributed by atoms with E-state index in [2.05, 4.69) is 48.5 Å². The van der Waals surface area contributed by atoms with Gasteiger partial charge in [-0.1, -0.05) is 20.3 Å². The molecule has 2 N–H and O–H groups in total. The van der Waals surface area contributed by atoms with Gasteiger partial charge in [0.15, 0.2) is 5.96 Å². The van der Waals surface area contributed by atoms with Gasteiger partial charge in [0.2, 0.25) is 0 Å². The van der Waals surface area contributed by atoms with Crippen LogP contribution in [0.15, 0.2) is 4.99 Å². The van der Waals surface area contributed by atoms with Crippen molar-refractivity contribution in [3.63, 3.8) is 0 Å². The third kappa shape index (κ3) is 8.34. The third-order valence-corrected chi connectivity index (χ3v) is 5.08. The summed E-state index contributed by atoms with van der Waals surface area (Å²) in [6, 6.07) is 0.528. The lowest BCUT2D eigenvalue weighted by atomic mass is 9.67. The Morgan fingerprint density at radius 2 is 1.92 bits per heavy atom. The maximum Gasteiger partial charge on any atom is 0.191 e. The molecule has 1 rings (SSSR count). The standard InChI is InChI=1S/C18H38N4O.HI/c1-15(2)12-16(22(4)5)13-20-17(19-3)21-14-18(8-7-9-18)10-11-23-6;/h15-16H,7-14H2,1-6H3,(H2,19,20,21);1H. The summed E-state index contributed by atoms with van der Waals surface area (Å²) in [7, 11) is 7.94. The smallest absolute Gasteiger partial charge is 0.191 e. The van der Waals surface area contributed by atoms with Crippen LogP contribution in [0, 0.1) is 11.3 Å². The lowest BCUT2D eigenvalue weighted by molar-refractivity contribution is 0.0732. The molecule has 144 valence electrons. The second kappa shape index (κ2) is 12.3. The van der Waals surface area contributed by atoms with E-state index >= 15 is 0 Å². The Balaban J connectivity index is 0.00000529. The first-order valence-electron chi connectivity index (χ1n) is 9.02. The van der Waals surface area contributed by atoms with Gasteiger partial charge < -0.3 is 20.3 Å². The molecule has 0 bridgehead atoms. The zero-order valence-corrected chi connectivity index (χ0v) is 18.9. The average molecular weight is 454 g/mol. The molecule has 0 aromatic rings. The van der Waals surface area contributed by atoms with Gasteiger partial charge in [-0.2, -0.15) is 0 Å². The minimum atomic E-state index is 0. The molecule has 0 aromatic carbocycles. The van der Waals surface area contributed by atoms with Crippen LogP contribution < -0.4 is 10.6 Å². The maximum absolute atomic E-state index is 5.27. The van der Waals surface area contributed by atoms with Crippen molar-refractivity contribution in [1.29, 1.82) is 0 Å². The van der Waals surface area contributed by atoms with E-state index in [0.29, 0.717) is 17.4 Å². The quantitative estimate of drug-likeness (QED) is 0.303. The summed E-state index contributed by atoms with van der Waals surface area (Å²) in [5, 5.41) is 7.03. The summed E-state index contributed by atoms with van der Waals surface area (Å²) >= 11 is 0. The van der Waals surface area contributed by atoms with Crippen molar-refractivity contribution in [3.8, 4) is 0 Å². The molecule has 5 nitrogen and oxygen atoms in total. The number of halogens is 1. The van der Waals surface area contributed by atoms with E-state index in [1.54, 1.807) is 7.11 Å². The van der Waals surface area contributed by atoms with Crippen molar-refractivity contribution >= 4 is 29.9 Å². The highest BCUT2D eigenvalue weighted by atomic mass is 127. The van der Waals surface area contributed by atoms with E-state index in [9.17, 15) is 0 Å². The van der Waals surface area contributed by atoms with Crippen LogP contribution in [0.2, 0.25) is 0 Å². The molecular formula is C18H39IN4O. The van der Waals surface area contributed by atoms with Gasteiger partial charge in [-0.15, -0.1) is 24.0 Å². The second-order valence-corrected chi connectivity index (χ2v) is 7.65. The molecule has 1 aliphatic rings. The molecule has 0 spiro atoms. The second-order valence-electron chi connectivity index (χ2n) is 7.65. The Hall–Kier alpha value is -0.0800. The molecule has 24 heavy (non-hydrogen) atoms. The van der Waals surface area contributed by atoms with E-state index in [1.807, 2.05) is 7.05 Å². The Morgan fingerprint density at radius 1 is 1.25 bits per heavy atom. The molecule has 1 unspecified atom stereocenters. The summed E-state index contributed by atoms with van der Waals surface area (Å²) in [5.41, 5.74) is 0.409. The van der Waals surface area contributed by atoms with Crippen LogP contribution in [0.25, 0.3) is 0 Å². The summed E-state index contributed by atoms with van der Waals surface area (Å²) in [5.74, 6) is 1.62. The van der Waals surface area contributed by atoms with E-state index in [-0.39, 0.29) is 24.0 Å². The first kappa shape index (κ1) is 23.9. The van der Waals surface area contributed by atoms with E-state index in [4.69, 9.17) is 4.74 Å². The fraction of sp³-hybridized carbons (Fsp3) is 0.944. The Labute approximate surface area is 166 Å². The minimum Gasteiger partial charge on any atom is -0.385 e. The predicted octanol–water partition coefficient (Wildman–Crippen LogP) is 2.95. The third-order valence-electron chi connectivity index (χ3n) is 5.08. The van der Waals surface area contributed by atoms with Crippen LogP contribution in [0.5, 0.6) is 0 Å². The molecule has 0 heterocycles. The van der Waals surface area contributed by atoms with Crippen molar-refractivity contribution in [3.05, 3.63) is 0 Å². The van der Waals surface area contributed by atoms with Crippen molar-refractivity contribution in [2.75, 3.05) is 47.9 Å². The zero-order valence-electron chi connectivity index (χ0n) is 16.5. The molecule has 1 saturated carbocycles. The van der Waals surface area contributed by atoms with E-state index < -0.39 is 0 Å². The molecule has 0 aliphatic heterocycles. The van der Waals surface area contributed by atoms with Gasteiger partial charge in [0, 0.05) is 39.9 Å². The number of ether oxygens (including phenoxy) is 1. The van der Waals surface area contributed by atoms with Crippen molar-refractivity contribution < 1.29 is 4.74 Å². The predicted molar refractivity (Wildman–Crippen MR) is 114 cm³/mol. The largest absolute Gasteiger partial charge is 0.385 e. The van der Waals surface area contributed by atoms with Gasteiger partial charge in [0.25, 0.3) is 0 Å². The van der Waals surface area contributed by atoms with Crippen LogP contribution >= 0.6 is 24.0 Å². The molecule has 6 heteroatoms. The van der Waals surface area contributed by atoms with Crippen molar-refractivity contribution in [2.45, 2.75) is 52.0 Å². The molecule has 1 fully saturated rings. The normalized spacial score (nSPS) is 18.1.